The van der Waals surface area contributed by atoms with Crippen LogP contribution in [0, 0.1) is 6.92 Å². The molecule has 0 N–H and O–H groups in total. The molecule has 4 rings (SSSR count). The van der Waals surface area contributed by atoms with E-state index in [4.69, 9.17) is 11.6 Å². The lowest BCUT2D eigenvalue weighted by molar-refractivity contribution is 0.0744. The fourth-order valence-electron chi connectivity index (χ4n) is 3.48. The van der Waals surface area contributed by atoms with Gasteiger partial charge in [-0.05, 0) is 24.5 Å². The van der Waals surface area contributed by atoms with Gasteiger partial charge in [0.05, 0.1) is 6.54 Å². The van der Waals surface area contributed by atoms with E-state index in [2.05, 4.69) is 4.98 Å². The highest BCUT2D eigenvalue weighted by Crippen LogP contribution is 2.29. The third-order valence-corrected chi connectivity index (χ3v) is 5.33. The van der Waals surface area contributed by atoms with Crippen LogP contribution in [0.3, 0.4) is 0 Å². The Bertz CT molecular complexity index is 875. The highest BCUT2D eigenvalue weighted by Gasteiger charge is 2.31. The maximum absolute atomic E-state index is 12.7. The summed E-state index contributed by atoms with van der Waals surface area (Å²) in [4.78, 5) is 31.0. The lowest BCUT2D eigenvalue weighted by Gasteiger charge is -2.13. The number of aryl methyl sites for hydroxylation is 2. The van der Waals surface area contributed by atoms with E-state index in [0.29, 0.717) is 18.8 Å². The van der Waals surface area contributed by atoms with Crippen LogP contribution in [-0.4, -0.2) is 24.9 Å². The van der Waals surface area contributed by atoms with E-state index in [1.165, 1.54) is 0 Å². The number of hydrogen-bond donors (Lipinski definition) is 0. The van der Waals surface area contributed by atoms with Crippen LogP contribution in [0.25, 0.3) is 0 Å². The van der Waals surface area contributed by atoms with Crippen LogP contribution in [0.2, 0.25) is 5.02 Å². The maximum Gasteiger partial charge on any atom is 0.274 e. The van der Waals surface area contributed by atoms with Crippen molar-refractivity contribution in [2.24, 2.45) is 7.05 Å². The lowest BCUT2D eigenvalue weighted by atomic mass is 10.1. The van der Waals surface area contributed by atoms with Gasteiger partial charge in [0.2, 0.25) is 0 Å². The highest BCUT2D eigenvalue weighted by atomic mass is 35.5. The summed E-state index contributed by atoms with van der Waals surface area (Å²) in [7, 11) is 1.70. The second-order valence-electron chi connectivity index (χ2n) is 6.23. The van der Waals surface area contributed by atoms with Crippen LogP contribution >= 0.6 is 11.6 Å². The average molecular weight is 333 g/mol. The maximum atomic E-state index is 12.7. The number of rotatable bonds is 1. The van der Waals surface area contributed by atoms with Crippen molar-refractivity contribution in [1.29, 1.82) is 0 Å². The molecule has 0 bridgehead atoms. The van der Waals surface area contributed by atoms with Gasteiger partial charge >= 0.3 is 0 Å². The molecule has 4 heterocycles. The predicted molar refractivity (Wildman–Crippen MR) is 85.6 cm³/mol. The zero-order valence-electron chi connectivity index (χ0n) is 13.1. The molecule has 120 valence electrons. The number of hydrogen-bond acceptors (Lipinski definition) is 3. The van der Waals surface area contributed by atoms with Crippen LogP contribution in [0.5, 0.6) is 0 Å². The first-order valence-corrected chi connectivity index (χ1v) is 8.07. The Balaban J connectivity index is 1.67. The van der Waals surface area contributed by atoms with Crippen molar-refractivity contribution in [3.05, 3.63) is 49.9 Å². The van der Waals surface area contributed by atoms with Crippen LogP contribution in [0.4, 0.5) is 0 Å². The zero-order valence-corrected chi connectivity index (χ0v) is 13.9. The van der Waals surface area contributed by atoms with Gasteiger partial charge < -0.3 is 14.0 Å². The molecule has 0 atom stereocenters. The van der Waals surface area contributed by atoms with E-state index in [1.807, 2.05) is 17.7 Å². The van der Waals surface area contributed by atoms with Gasteiger partial charge in [0.15, 0.2) is 0 Å². The largest absolute Gasteiger partial charge is 0.334 e. The molecule has 0 fully saturated rings. The van der Waals surface area contributed by atoms with Gasteiger partial charge in [-0.3, -0.25) is 9.59 Å². The van der Waals surface area contributed by atoms with Gasteiger partial charge in [0, 0.05) is 38.4 Å². The molecule has 23 heavy (non-hydrogen) atoms. The number of carbonyl (C=O) groups excluding carboxylic acids is 1. The Hall–Kier alpha value is -2.08. The molecule has 6 nitrogen and oxygen atoms in total. The summed E-state index contributed by atoms with van der Waals surface area (Å²) < 4.78 is 3.60. The van der Waals surface area contributed by atoms with E-state index in [9.17, 15) is 9.59 Å². The Kier molecular flexibility index (Phi) is 3.13. The van der Waals surface area contributed by atoms with Crippen LogP contribution < -0.4 is 5.56 Å². The number of amides is 1. The quantitative estimate of drug-likeness (QED) is 0.797. The molecule has 0 saturated carbocycles. The van der Waals surface area contributed by atoms with Crippen molar-refractivity contribution in [3.63, 3.8) is 0 Å². The van der Waals surface area contributed by atoms with E-state index in [-0.39, 0.29) is 16.5 Å². The number of halogens is 1. The van der Waals surface area contributed by atoms with Gasteiger partial charge in [0.25, 0.3) is 11.5 Å². The Morgan fingerprint density at radius 2 is 2.13 bits per heavy atom. The molecule has 0 unspecified atom stereocenters. The summed E-state index contributed by atoms with van der Waals surface area (Å²) in [6.07, 6.45) is 3.86. The Morgan fingerprint density at radius 3 is 2.87 bits per heavy atom. The average Bonchev–Trinajstić information content (AvgIpc) is 3.23. The molecule has 0 saturated heterocycles. The molecule has 2 aliphatic rings. The van der Waals surface area contributed by atoms with Crippen molar-refractivity contribution < 1.29 is 4.79 Å². The fraction of sp³-hybridized carbons (Fsp3) is 0.438. The molecular formula is C16H17ClN4O2. The predicted octanol–water partition coefficient (Wildman–Crippen LogP) is 1.65. The standard InChI is InChI=1S/C16H17ClN4O2/c1-9-10-6-21(8-12(10)19(2)16(23)14(9)17)15(22)11-7-20-5-3-4-13(20)18-11/h7H,3-6,8H2,1-2H3. The molecule has 7 heteroatoms. The van der Waals surface area contributed by atoms with Crippen molar-refractivity contribution >= 4 is 17.5 Å². The third kappa shape index (κ3) is 2.05. The van der Waals surface area contributed by atoms with Gasteiger partial charge in [-0.25, -0.2) is 4.98 Å². The zero-order chi connectivity index (χ0) is 16.3. The molecule has 0 aromatic carbocycles. The minimum Gasteiger partial charge on any atom is -0.334 e. The molecule has 2 aliphatic heterocycles. The molecule has 0 radical (unpaired) electrons. The smallest absolute Gasteiger partial charge is 0.274 e. The van der Waals surface area contributed by atoms with Crippen LogP contribution in [-0.2, 0) is 33.1 Å². The summed E-state index contributed by atoms with van der Waals surface area (Å²) in [6.45, 7) is 3.65. The van der Waals surface area contributed by atoms with Gasteiger partial charge in [-0.15, -0.1) is 0 Å². The second kappa shape index (κ2) is 4.96. The topological polar surface area (TPSA) is 60.1 Å². The number of fused-ring (bicyclic) bond motifs is 2. The molecule has 0 aliphatic carbocycles. The third-order valence-electron chi connectivity index (χ3n) is 4.88. The number of carbonyl (C=O) groups is 1. The van der Waals surface area contributed by atoms with Gasteiger partial charge in [-0.2, -0.15) is 0 Å². The summed E-state index contributed by atoms with van der Waals surface area (Å²) in [5.74, 6) is 0.891. The molecule has 1 amide bonds. The Labute approximate surface area is 138 Å². The van der Waals surface area contributed by atoms with Crippen molar-refractivity contribution in [1.82, 2.24) is 19.0 Å². The monoisotopic (exact) mass is 332 g/mol. The SMILES string of the molecule is Cc1c2c(n(C)c(=O)c1Cl)CN(C(=O)c1cn3c(n1)CCC3)C2. The number of imidazole rings is 1. The molecule has 2 aromatic heterocycles. The van der Waals surface area contributed by atoms with Crippen LogP contribution in [0.1, 0.15) is 39.6 Å². The fourth-order valence-corrected chi connectivity index (χ4v) is 3.72. The first-order chi connectivity index (χ1) is 11.0. The Morgan fingerprint density at radius 1 is 1.35 bits per heavy atom. The minimum atomic E-state index is -0.210. The number of aromatic nitrogens is 3. The van der Waals surface area contributed by atoms with Crippen molar-refractivity contribution in [3.8, 4) is 0 Å². The first-order valence-electron chi connectivity index (χ1n) is 7.69. The van der Waals surface area contributed by atoms with E-state index < -0.39 is 0 Å². The normalized spacial score (nSPS) is 15.9. The van der Waals surface area contributed by atoms with Gasteiger partial charge in [0.1, 0.15) is 16.5 Å². The molecular weight excluding hydrogens is 316 g/mol. The van der Waals surface area contributed by atoms with Crippen molar-refractivity contribution in [2.45, 2.75) is 39.4 Å². The summed E-state index contributed by atoms with van der Waals surface area (Å²) in [5.41, 5.74) is 2.88. The molecule has 0 spiro atoms. The van der Waals surface area contributed by atoms with Gasteiger partial charge in [-0.1, -0.05) is 11.6 Å². The summed E-state index contributed by atoms with van der Waals surface area (Å²) in [5, 5.41) is 0.238. The highest BCUT2D eigenvalue weighted by molar-refractivity contribution is 6.31. The lowest BCUT2D eigenvalue weighted by Crippen LogP contribution is -2.27. The minimum absolute atomic E-state index is 0.0916. The van der Waals surface area contributed by atoms with Crippen LogP contribution in [0.15, 0.2) is 11.0 Å². The number of nitrogens with zero attached hydrogens (tertiary/aromatic N) is 4. The summed E-state index contributed by atoms with van der Waals surface area (Å²) in [6, 6.07) is 0. The molecule has 2 aromatic rings. The van der Waals surface area contributed by atoms with E-state index in [0.717, 1.165) is 42.0 Å². The van der Waals surface area contributed by atoms with Crippen molar-refractivity contribution in [2.75, 3.05) is 0 Å². The van der Waals surface area contributed by atoms with E-state index >= 15 is 0 Å². The number of pyridine rings is 1. The summed E-state index contributed by atoms with van der Waals surface area (Å²) >= 11 is 6.11. The first kappa shape index (κ1) is 14.5. The van der Waals surface area contributed by atoms with E-state index in [1.54, 1.807) is 16.5 Å². The second-order valence-corrected chi connectivity index (χ2v) is 6.61.